The first-order valence-corrected chi connectivity index (χ1v) is 8.46. The van der Waals surface area contributed by atoms with Crippen molar-refractivity contribution in [2.75, 3.05) is 5.73 Å². The SMILES string of the molecule is Cc1c(N)cccc1-c1cnc(C(N)=O)c2[nH]c3cc(CC#N)ccc3c12. The molecule has 0 aliphatic rings. The van der Waals surface area contributed by atoms with E-state index in [1.807, 2.05) is 43.3 Å². The predicted molar refractivity (Wildman–Crippen MR) is 106 cm³/mol. The molecular formula is C21H17N5O. The van der Waals surface area contributed by atoms with Gasteiger partial charge in [-0.25, -0.2) is 4.98 Å². The van der Waals surface area contributed by atoms with Crippen molar-refractivity contribution in [3.63, 3.8) is 0 Å². The summed E-state index contributed by atoms with van der Waals surface area (Å²) in [5, 5.41) is 10.8. The molecule has 6 nitrogen and oxygen atoms in total. The van der Waals surface area contributed by atoms with Crippen molar-refractivity contribution >= 4 is 33.4 Å². The number of rotatable bonds is 3. The van der Waals surface area contributed by atoms with Gasteiger partial charge in [-0.2, -0.15) is 5.26 Å². The number of nitrogens with zero attached hydrogens (tertiary/aromatic N) is 2. The van der Waals surface area contributed by atoms with Gasteiger partial charge >= 0.3 is 0 Å². The number of nitriles is 1. The number of aromatic nitrogens is 2. The summed E-state index contributed by atoms with van der Waals surface area (Å²) < 4.78 is 0. The molecule has 0 spiro atoms. The fourth-order valence-corrected chi connectivity index (χ4v) is 3.50. The van der Waals surface area contributed by atoms with Crippen LogP contribution in [-0.4, -0.2) is 15.9 Å². The normalized spacial score (nSPS) is 11.0. The van der Waals surface area contributed by atoms with Crippen molar-refractivity contribution < 1.29 is 4.79 Å². The highest BCUT2D eigenvalue weighted by atomic mass is 16.1. The third-order valence-electron chi connectivity index (χ3n) is 4.87. The van der Waals surface area contributed by atoms with Crippen LogP contribution in [0, 0.1) is 18.3 Å². The van der Waals surface area contributed by atoms with Gasteiger partial charge in [0.1, 0.15) is 0 Å². The van der Waals surface area contributed by atoms with Crippen molar-refractivity contribution in [3.8, 4) is 17.2 Å². The first-order chi connectivity index (χ1) is 13.0. The van der Waals surface area contributed by atoms with E-state index >= 15 is 0 Å². The number of pyridine rings is 1. The van der Waals surface area contributed by atoms with Crippen LogP contribution in [0.1, 0.15) is 21.6 Å². The number of carbonyl (C=O) groups is 1. The molecule has 0 radical (unpaired) electrons. The van der Waals surface area contributed by atoms with E-state index in [4.69, 9.17) is 16.7 Å². The van der Waals surface area contributed by atoms with Crippen molar-refractivity contribution in [3.05, 3.63) is 59.4 Å². The molecule has 132 valence electrons. The number of carbonyl (C=O) groups excluding carboxylic acids is 1. The van der Waals surface area contributed by atoms with Crippen LogP contribution in [-0.2, 0) is 6.42 Å². The summed E-state index contributed by atoms with van der Waals surface area (Å²) in [6.07, 6.45) is 1.98. The lowest BCUT2D eigenvalue weighted by atomic mass is 9.96. The molecule has 5 N–H and O–H groups in total. The molecular weight excluding hydrogens is 338 g/mol. The van der Waals surface area contributed by atoms with Crippen LogP contribution in [0.5, 0.6) is 0 Å². The molecule has 0 atom stereocenters. The lowest BCUT2D eigenvalue weighted by Crippen LogP contribution is -2.13. The number of primary amides is 1. The minimum Gasteiger partial charge on any atom is -0.398 e. The van der Waals surface area contributed by atoms with E-state index in [2.05, 4.69) is 16.0 Å². The summed E-state index contributed by atoms with van der Waals surface area (Å²) in [6.45, 7) is 1.96. The van der Waals surface area contributed by atoms with E-state index in [1.54, 1.807) is 6.20 Å². The van der Waals surface area contributed by atoms with Gasteiger partial charge in [0, 0.05) is 33.7 Å². The third-order valence-corrected chi connectivity index (χ3v) is 4.87. The van der Waals surface area contributed by atoms with Gasteiger partial charge < -0.3 is 16.5 Å². The number of nitrogen functional groups attached to an aromatic ring is 1. The molecule has 0 fully saturated rings. The Hall–Kier alpha value is -3.85. The van der Waals surface area contributed by atoms with Crippen LogP contribution in [0.4, 0.5) is 5.69 Å². The van der Waals surface area contributed by atoms with Crippen molar-refractivity contribution in [1.82, 2.24) is 9.97 Å². The summed E-state index contributed by atoms with van der Waals surface area (Å²) in [5.74, 6) is -0.598. The molecule has 0 saturated carbocycles. The van der Waals surface area contributed by atoms with Gasteiger partial charge in [0.05, 0.1) is 18.0 Å². The zero-order chi connectivity index (χ0) is 19.1. The van der Waals surface area contributed by atoms with Crippen LogP contribution in [0.3, 0.4) is 0 Å². The summed E-state index contributed by atoms with van der Waals surface area (Å²) >= 11 is 0. The summed E-state index contributed by atoms with van der Waals surface area (Å²) in [6, 6.07) is 13.7. The van der Waals surface area contributed by atoms with Gasteiger partial charge in [-0.15, -0.1) is 0 Å². The maximum absolute atomic E-state index is 11.9. The molecule has 0 aliphatic carbocycles. The summed E-state index contributed by atoms with van der Waals surface area (Å²) in [4.78, 5) is 19.5. The average Bonchev–Trinajstić information content (AvgIpc) is 3.02. The number of anilines is 1. The van der Waals surface area contributed by atoms with Gasteiger partial charge in [0.15, 0.2) is 5.69 Å². The first kappa shape index (κ1) is 16.6. The molecule has 4 rings (SSSR count). The summed E-state index contributed by atoms with van der Waals surface area (Å²) in [5.41, 5.74) is 17.6. The van der Waals surface area contributed by atoms with E-state index in [9.17, 15) is 4.79 Å². The topological polar surface area (TPSA) is 122 Å². The molecule has 2 aromatic heterocycles. The second-order valence-corrected chi connectivity index (χ2v) is 6.49. The molecule has 4 aromatic rings. The number of amides is 1. The van der Waals surface area contributed by atoms with Crippen LogP contribution >= 0.6 is 0 Å². The molecule has 2 heterocycles. The molecule has 0 bridgehead atoms. The highest BCUT2D eigenvalue weighted by Gasteiger charge is 2.19. The van der Waals surface area contributed by atoms with Crippen molar-refractivity contribution in [2.24, 2.45) is 5.73 Å². The second kappa shape index (κ2) is 6.15. The minimum atomic E-state index is -0.598. The van der Waals surface area contributed by atoms with Gasteiger partial charge in [0.2, 0.25) is 0 Å². The second-order valence-electron chi connectivity index (χ2n) is 6.49. The highest BCUT2D eigenvalue weighted by molar-refractivity contribution is 6.19. The molecule has 1 amide bonds. The Bertz CT molecular complexity index is 1260. The maximum Gasteiger partial charge on any atom is 0.269 e. The Balaban J connectivity index is 2.13. The van der Waals surface area contributed by atoms with Gasteiger partial charge in [-0.1, -0.05) is 24.3 Å². The lowest BCUT2D eigenvalue weighted by Gasteiger charge is -2.11. The van der Waals surface area contributed by atoms with Crippen LogP contribution in [0.15, 0.2) is 42.6 Å². The van der Waals surface area contributed by atoms with Crippen molar-refractivity contribution in [2.45, 2.75) is 13.3 Å². The number of aromatic amines is 1. The Kier molecular flexibility index (Phi) is 3.78. The van der Waals surface area contributed by atoms with Gasteiger partial charge in [-0.05, 0) is 35.7 Å². The number of nitrogens with two attached hydrogens (primary N) is 2. The largest absolute Gasteiger partial charge is 0.398 e. The zero-order valence-corrected chi connectivity index (χ0v) is 14.7. The van der Waals surface area contributed by atoms with E-state index < -0.39 is 5.91 Å². The number of fused-ring (bicyclic) bond motifs is 3. The van der Waals surface area contributed by atoms with Crippen molar-refractivity contribution in [1.29, 1.82) is 5.26 Å². The van der Waals surface area contributed by atoms with E-state index in [0.29, 0.717) is 17.6 Å². The Morgan fingerprint density at radius 1 is 1.26 bits per heavy atom. The average molecular weight is 355 g/mol. The summed E-state index contributed by atoms with van der Waals surface area (Å²) in [7, 11) is 0. The molecule has 2 aromatic carbocycles. The van der Waals surface area contributed by atoms with Crippen LogP contribution in [0.2, 0.25) is 0 Å². The monoisotopic (exact) mass is 355 g/mol. The Morgan fingerprint density at radius 2 is 2.07 bits per heavy atom. The smallest absolute Gasteiger partial charge is 0.269 e. The fraction of sp³-hybridized carbons (Fsp3) is 0.0952. The molecule has 27 heavy (non-hydrogen) atoms. The number of nitrogens with one attached hydrogen (secondary N) is 1. The number of hydrogen-bond acceptors (Lipinski definition) is 4. The van der Waals surface area contributed by atoms with E-state index in [-0.39, 0.29) is 5.69 Å². The van der Waals surface area contributed by atoms with E-state index in [1.165, 1.54) is 0 Å². The minimum absolute atomic E-state index is 0.188. The fourth-order valence-electron chi connectivity index (χ4n) is 3.50. The van der Waals surface area contributed by atoms with Gasteiger partial charge in [-0.3, -0.25) is 4.79 Å². The van der Waals surface area contributed by atoms with Crippen LogP contribution in [0.25, 0.3) is 32.9 Å². The zero-order valence-electron chi connectivity index (χ0n) is 14.7. The van der Waals surface area contributed by atoms with Crippen LogP contribution < -0.4 is 11.5 Å². The Morgan fingerprint density at radius 3 is 2.81 bits per heavy atom. The maximum atomic E-state index is 11.9. The quantitative estimate of drug-likeness (QED) is 0.487. The Labute approximate surface area is 155 Å². The predicted octanol–water partition coefficient (Wildman–Crippen LogP) is 3.44. The van der Waals surface area contributed by atoms with Gasteiger partial charge in [0.25, 0.3) is 5.91 Å². The molecule has 0 aliphatic heterocycles. The standard InChI is InChI=1S/C21H17N5O/c1-11-13(3-2-4-16(11)23)15-10-25-20(21(24)27)19-18(15)14-6-5-12(7-8-22)9-17(14)26-19/h2-6,9-10,26H,7,23H2,1H3,(H2,24,27). The van der Waals surface area contributed by atoms with E-state index in [0.717, 1.165) is 38.5 Å². The molecule has 0 saturated heterocycles. The highest BCUT2D eigenvalue weighted by Crippen LogP contribution is 2.37. The number of benzene rings is 2. The molecule has 0 unspecified atom stereocenters. The third kappa shape index (κ3) is 2.57. The lowest BCUT2D eigenvalue weighted by molar-refractivity contribution is 0.0997. The number of hydrogen-bond donors (Lipinski definition) is 3. The molecule has 6 heteroatoms. The number of H-pyrrole nitrogens is 1. The first-order valence-electron chi connectivity index (χ1n) is 8.46.